The van der Waals surface area contributed by atoms with Gasteiger partial charge in [0.25, 0.3) is 5.91 Å². The van der Waals surface area contributed by atoms with Gasteiger partial charge in [-0.05, 0) is 49.7 Å². The molecule has 0 radical (unpaired) electrons. The van der Waals surface area contributed by atoms with E-state index in [4.69, 9.17) is 4.74 Å². The molecule has 1 amide bonds. The number of carbonyl (C=O) groups is 1. The number of sulfonamides is 2. The number of carbonyl (C=O) groups excluding carboxylic acids is 1. The monoisotopic (exact) mass is 481 g/mol. The van der Waals surface area contributed by atoms with Crippen LogP contribution >= 0.6 is 0 Å². The van der Waals surface area contributed by atoms with Crippen molar-refractivity contribution < 1.29 is 26.4 Å². The van der Waals surface area contributed by atoms with Crippen LogP contribution in [0.5, 0.6) is 5.75 Å². The van der Waals surface area contributed by atoms with Crippen molar-refractivity contribution in [1.82, 2.24) is 9.44 Å². The van der Waals surface area contributed by atoms with Gasteiger partial charge < -0.3 is 10.1 Å². The molecule has 0 aliphatic heterocycles. The Kier molecular flexibility index (Phi) is 8.56. The van der Waals surface area contributed by atoms with Crippen molar-refractivity contribution in [3.63, 3.8) is 0 Å². The minimum atomic E-state index is -3.88. The molecule has 0 aliphatic rings. The Morgan fingerprint density at radius 3 is 2.31 bits per heavy atom. The van der Waals surface area contributed by atoms with E-state index in [2.05, 4.69) is 21.3 Å². The molecule has 9 nitrogen and oxygen atoms in total. The van der Waals surface area contributed by atoms with E-state index in [1.165, 1.54) is 31.4 Å². The molecule has 2 rings (SSSR count). The first-order valence-electron chi connectivity index (χ1n) is 9.66. The Bertz CT molecular complexity index is 1170. The van der Waals surface area contributed by atoms with Gasteiger partial charge in [-0.1, -0.05) is 18.2 Å². The van der Waals surface area contributed by atoms with Crippen molar-refractivity contribution in [2.45, 2.75) is 30.5 Å². The van der Waals surface area contributed by atoms with E-state index >= 15 is 0 Å². The molecule has 32 heavy (non-hydrogen) atoms. The highest BCUT2D eigenvalue weighted by atomic mass is 32.2. The summed E-state index contributed by atoms with van der Waals surface area (Å²) in [4.78, 5) is 12.5. The van der Waals surface area contributed by atoms with E-state index in [-0.39, 0.29) is 34.5 Å². The van der Waals surface area contributed by atoms with Crippen LogP contribution in [0.2, 0.25) is 0 Å². The van der Waals surface area contributed by atoms with E-state index in [0.29, 0.717) is 11.3 Å². The third-order valence-electron chi connectivity index (χ3n) is 4.12. The molecule has 0 saturated carbocycles. The number of methoxy groups -OCH3 is 1. The summed E-state index contributed by atoms with van der Waals surface area (Å²) >= 11 is 0. The van der Waals surface area contributed by atoms with Crippen molar-refractivity contribution in [2.75, 3.05) is 19.0 Å². The van der Waals surface area contributed by atoms with Crippen molar-refractivity contribution in [1.29, 1.82) is 0 Å². The highest BCUT2D eigenvalue weighted by Crippen LogP contribution is 2.25. The maximum Gasteiger partial charge on any atom is 0.255 e. The second-order valence-corrected chi connectivity index (χ2v) is 10.7. The smallest absolute Gasteiger partial charge is 0.255 e. The van der Waals surface area contributed by atoms with Gasteiger partial charge in [0.15, 0.2) is 0 Å². The van der Waals surface area contributed by atoms with Gasteiger partial charge in [0.1, 0.15) is 10.6 Å². The zero-order valence-electron chi connectivity index (χ0n) is 18.1. The summed E-state index contributed by atoms with van der Waals surface area (Å²) in [5.74, 6) is -0.621. The van der Waals surface area contributed by atoms with E-state index in [9.17, 15) is 21.6 Å². The fraction of sp³-hybridized carbons (Fsp3) is 0.286. The summed E-state index contributed by atoms with van der Waals surface area (Å²) < 4.78 is 59.1. The number of amides is 1. The molecular formula is C21H27N3O6S2. The molecule has 3 N–H and O–H groups in total. The second-order valence-electron chi connectivity index (χ2n) is 7.19. The lowest BCUT2D eigenvalue weighted by Gasteiger charge is -2.14. The third kappa shape index (κ3) is 7.16. The molecule has 11 heteroatoms. The van der Waals surface area contributed by atoms with Crippen LogP contribution in [-0.4, -0.2) is 42.4 Å². The summed E-state index contributed by atoms with van der Waals surface area (Å²) in [7, 11) is -6.03. The number of hydrogen-bond donors (Lipinski definition) is 3. The fourth-order valence-corrected chi connectivity index (χ4v) is 5.30. The Morgan fingerprint density at radius 2 is 1.75 bits per heavy atom. The molecule has 174 valence electrons. The summed E-state index contributed by atoms with van der Waals surface area (Å²) in [6.07, 6.45) is 1.45. The van der Waals surface area contributed by atoms with Crippen molar-refractivity contribution in [3.05, 3.63) is 66.2 Å². The van der Waals surface area contributed by atoms with E-state index in [1.54, 1.807) is 38.1 Å². The van der Waals surface area contributed by atoms with Gasteiger partial charge >= 0.3 is 0 Å². The van der Waals surface area contributed by atoms with Gasteiger partial charge in [0.05, 0.1) is 12.9 Å². The molecule has 0 fully saturated rings. The van der Waals surface area contributed by atoms with Gasteiger partial charge in [-0.2, -0.15) is 0 Å². The largest absolute Gasteiger partial charge is 0.495 e. The second kappa shape index (κ2) is 10.7. The third-order valence-corrected chi connectivity index (χ3v) is 7.12. The number of nitrogens with one attached hydrogen (secondary N) is 3. The standard InChI is InChI=1S/C21H27N3O6S2/c1-5-12-22-31(26,27)14-16-6-9-18(10-7-16)23-21(25)17-8-11-19(30-4)20(13-17)32(28,29)24-15(2)3/h5-11,13,15,22,24H,1,12,14H2,2-4H3,(H,23,25). The lowest BCUT2D eigenvalue weighted by atomic mass is 10.2. The first-order chi connectivity index (χ1) is 15.0. The minimum Gasteiger partial charge on any atom is -0.495 e. The van der Waals surface area contributed by atoms with Crippen LogP contribution in [0.3, 0.4) is 0 Å². The van der Waals surface area contributed by atoms with Crippen LogP contribution < -0.4 is 19.5 Å². The summed E-state index contributed by atoms with van der Waals surface area (Å²) in [6, 6.07) is 10.1. The summed E-state index contributed by atoms with van der Waals surface area (Å²) in [5, 5.41) is 2.67. The summed E-state index contributed by atoms with van der Waals surface area (Å²) in [6.45, 7) is 6.98. The van der Waals surface area contributed by atoms with Crippen molar-refractivity contribution >= 4 is 31.6 Å². The molecule has 0 saturated heterocycles. The number of rotatable bonds is 11. The minimum absolute atomic E-state index is 0.116. The zero-order chi connectivity index (χ0) is 23.9. The van der Waals surface area contributed by atoms with Gasteiger partial charge in [0.2, 0.25) is 20.0 Å². The van der Waals surface area contributed by atoms with Gasteiger partial charge in [-0.25, -0.2) is 26.3 Å². The maximum absolute atomic E-state index is 12.7. The molecule has 0 heterocycles. The number of benzene rings is 2. The number of ether oxygens (including phenoxy) is 1. The Balaban J connectivity index is 2.19. The normalized spacial score (nSPS) is 11.9. The first kappa shape index (κ1) is 25.5. The SMILES string of the molecule is C=CCNS(=O)(=O)Cc1ccc(NC(=O)c2ccc(OC)c(S(=O)(=O)NC(C)C)c2)cc1. The number of hydrogen-bond acceptors (Lipinski definition) is 6. The maximum atomic E-state index is 12.7. The average Bonchev–Trinajstić information content (AvgIpc) is 2.72. The fourth-order valence-electron chi connectivity index (χ4n) is 2.75. The Hall–Kier alpha value is -2.73. The molecule has 2 aromatic rings. The van der Waals surface area contributed by atoms with Crippen LogP contribution in [-0.2, 0) is 25.8 Å². The lowest BCUT2D eigenvalue weighted by molar-refractivity contribution is 0.102. The molecule has 0 spiro atoms. The van der Waals surface area contributed by atoms with Gasteiger partial charge in [-0.3, -0.25) is 4.79 Å². The van der Waals surface area contributed by atoms with Crippen molar-refractivity contribution in [3.8, 4) is 5.75 Å². The number of anilines is 1. The zero-order valence-corrected chi connectivity index (χ0v) is 19.7. The van der Waals surface area contributed by atoms with E-state index < -0.39 is 26.0 Å². The van der Waals surface area contributed by atoms with Gasteiger partial charge in [0, 0.05) is 23.8 Å². The van der Waals surface area contributed by atoms with E-state index in [1.807, 2.05) is 0 Å². The average molecular weight is 482 g/mol. The lowest BCUT2D eigenvalue weighted by Crippen LogP contribution is -2.30. The molecule has 0 atom stereocenters. The van der Waals surface area contributed by atoms with Crippen LogP contribution in [0.4, 0.5) is 5.69 Å². The first-order valence-corrected chi connectivity index (χ1v) is 12.8. The van der Waals surface area contributed by atoms with Crippen LogP contribution in [0.15, 0.2) is 60.0 Å². The van der Waals surface area contributed by atoms with Crippen molar-refractivity contribution in [2.24, 2.45) is 0 Å². The van der Waals surface area contributed by atoms with Crippen LogP contribution in [0, 0.1) is 0 Å². The van der Waals surface area contributed by atoms with Crippen LogP contribution in [0.1, 0.15) is 29.8 Å². The molecule has 0 unspecified atom stereocenters. The Labute approximate surface area is 189 Å². The van der Waals surface area contributed by atoms with Crippen LogP contribution in [0.25, 0.3) is 0 Å². The quantitative estimate of drug-likeness (QED) is 0.422. The molecule has 2 aromatic carbocycles. The van der Waals surface area contributed by atoms with E-state index in [0.717, 1.165) is 0 Å². The predicted octanol–water partition coefficient (Wildman–Crippen LogP) is 2.24. The highest BCUT2D eigenvalue weighted by molar-refractivity contribution is 7.89. The molecular weight excluding hydrogens is 454 g/mol. The Morgan fingerprint density at radius 1 is 1.09 bits per heavy atom. The molecule has 0 aliphatic carbocycles. The molecule has 0 bridgehead atoms. The summed E-state index contributed by atoms with van der Waals surface area (Å²) in [5.41, 5.74) is 1.09. The predicted molar refractivity (Wildman–Crippen MR) is 124 cm³/mol. The highest BCUT2D eigenvalue weighted by Gasteiger charge is 2.22. The van der Waals surface area contributed by atoms with Gasteiger partial charge in [-0.15, -0.1) is 6.58 Å². The topological polar surface area (TPSA) is 131 Å². The molecule has 0 aromatic heterocycles.